The molecule has 1 aromatic carbocycles. The third-order valence-electron chi connectivity index (χ3n) is 6.54. The van der Waals surface area contributed by atoms with Crippen LogP contribution in [0.25, 0.3) is 22.4 Å². The standard InChI is InChI=1S/C25H33N7O6S/c1-4-6-18-20(16-26-34)29(3)23-22(18)27-24(28-25(23)33)19-15-17(7-8-21(19)37-5-2)39-31-11-9-30(10-12-31)13-14-38-32(35)36/h7-8,15-16,34H,4-6,9-14H2,1-3H3,(H,27,28,33)/b26-16+. The van der Waals surface area contributed by atoms with E-state index in [0.717, 1.165) is 43.1 Å². The highest BCUT2D eigenvalue weighted by molar-refractivity contribution is 7.97. The molecule has 1 aliphatic heterocycles. The van der Waals surface area contributed by atoms with Crippen molar-refractivity contribution < 1.29 is 19.9 Å². The number of nitrogens with one attached hydrogen (secondary N) is 1. The molecule has 0 atom stereocenters. The topological polar surface area (TPSA) is 151 Å². The van der Waals surface area contributed by atoms with Crippen molar-refractivity contribution in [3.05, 3.63) is 49.9 Å². The van der Waals surface area contributed by atoms with Crippen molar-refractivity contribution in [1.82, 2.24) is 23.7 Å². The average Bonchev–Trinajstić information content (AvgIpc) is 3.17. The molecule has 0 radical (unpaired) electrons. The average molecular weight is 560 g/mol. The van der Waals surface area contributed by atoms with Crippen molar-refractivity contribution in [3.8, 4) is 17.1 Å². The second-order valence-electron chi connectivity index (χ2n) is 9.04. The Morgan fingerprint density at radius 2 is 2.05 bits per heavy atom. The minimum atomic E-state index is -0.764. The molecule has 210 valence electrons. The molecule has 3 aromatic rings. The van der Waals surface area contributed by atoms with Crippen LogP contribution in [0.15, 0.2) is 33.0 Å². The van der Waals surface area contributed by atoms with Gasteiger partial charge in [-0.2, -0.15) is 0 Å². The summed E-state index contributed by atoms with van der Waals surface area (Å²) in [4.78, 5) is 39.0. The Labute approximate surface area is 229 Å². The van der Waals surface area contributed by atoms with Crippen LogP contribution in [-0.4, -0.2) is 86.2 Å². The van der Waals surface area contributed by atoms with E-state index >= 15 is 0 Å². The molecule has 2 N–H and O–H groups in total. The summed E-state index contributed by atoms with van der Waals surface area (Å²) >= 11 is 1.61. The Morgan fingerprint density at radius 3 is 2.72 bits per heavy atom. The van der Waals surface area contributed by atoms with Crippen LogP contribution < -0.4 is 10.3 Å². The number of aryl methyl sites for hydroxylation is 2. The van der Waals surface area contributed by atoms with Crippen LogP contribution in [-0.2, 0) is 18.3 Å². The number of rotatable bonds is 12. The smallest absolute Gasteiger partial charge is 0.294 e. The third kappa shape index (κ3) is 6.52. The van der Waals surface area contributed by atoms with Gasteiger partial charge in [0.25, 0.3) is 10.6 Å². The van der Waals surface area contributed by atoms with Gasteiger partial charge in [-0.15, -0.1) is 10.1 Å². The molecule has 2 aromatic heterocycles. The number of H-pyrrole nitrogens is 1. The summed E-state index contributed by atoms with van der Waals surface area (Å²) in [5.74, 6) is 1.02. The molecule has 3 heterocycles. The van der Waals surface area contributed by atoms with Gasteiger partial charge in [-0.05, 0) is 43.5 Å². The third-order valence-corrected chi connectivity index (χ3v) is 7.63. The van der Waals surface area contributed by atoms with Gasteiger partial charge in [0, 0.05) is 50.2 Å². The number of nitrogens with zero attached hydrogens (tertiary/aromatic N) is 6. The van der Waals surface area contributed by atoms with Gasteiger partial charge in [-0.25, -0.2) is 9.29 Å². The highest BCUT2D eigenvalue weighted by Gasteiger charge is 2.22. The van der Waals surface area contributed by atoms with Crippen molar-refractivity contribution in [2.24, 2.45) is 12.2 Å². The molecule has 1 fully saturated rings. The molecule has 1 saturated heterocycles. The molecule has 1 aliphatic rings. The molecule has 39 heavy (non-hydrogen) atoms. The summed E-state index contributed by atoms with van der Waals surface area (Å²) in [7, 11) is 1.76. The van der Waals surface area contributed by atoms with Crippen LogP contribution in [0.5, 0.6) is 5.75 Å². The maximum absolute atomic E-state index is 13.3. The first kappa shape index (κ1) is 28.4. The van der Waals surface area contributed by atoms with Crippen molar-refractivity contribution in [1.29, 1.82) is 0 Å². The monoisotopic (exact) mass is 559 g/mol. The second kappa shape index (κ2) is 13.0. The van der Waals surface area contributed by atoms with E-state index in [0.29, 0.717) is 53.4 Å². The lowest BCUT2D eigenvalue weighted by atomic mass is 10.1. The Balaban J connectivity index is 1.62. The van der Waals surface area contributed by atoms with Crippen molar-refractivity contribution in [2.45, 2.75) is 31.6 Å². The van der Waals surface area contributed by atoms with Crippen molar-refractivity contribution in [3.63, 3.8) is 0 Å². The van der Waals surface area contributed by atoms with Crippen LogP contribution in [0, 0.1) is 10.1 Å². The van der Waals surface area contributed by atoms with Gasteiger partial charge in [0.05, 0.1) is 24.1 Å². The molecule has 0 bridgehead atoms. The molecule has 0 spiro atoms. The summed E-state index contributed by atoms with van der Waals surface area (Å²) in [5, 5.41) is 22.0. The number of oxime groups is 1. The summed E-state index contributed by atoms with van der Waals surface area (Å²) in [5.41, 5.74) is 2.88. The first-order valence-electron chi connectivity index (χ1n) is 12.8. The summed E-state index contributed by atoms with van der Waals surface area (Å²) in [6.07, 6.45) is 2.85. The minimum absolute atomic E-state index is 0.0631. The van der Waals surface area contributed by atoms with E-state index in [9.17, 15) is 20.1 Å². The zero-order valence-electron chi connectivity index (χ0n) is 22.3. The Morgan fingerprint density at radius 1 is 1.28 bits per heavy atom. The largest absolute Gasteiger partial charge is 0.493 e. The highest BCUT2D eigenvalue weighted by atomic mass is 32.2. The first-order valence-corrected chi connectivity index (χ1v) is 13.6. The number of ether oxygens (including phenoxy) is 1. The van der Waals surface area contributed by atoms with Gasteiger partial charge in [0.15, 0.2) is 0 Å². The SMILES string of the molecule is CCCc1c(/C=N/O)n(C)c2c(=O)[nH]c(-c3cc(SN4CCN(CCO[N+](=O)[O-])CC4)ccc3OCC)nc12. The summed E-state index contributed by atoms with van der Waals surface area (Å²) in [6, 6.07) is 5.84. The fourth-order valence-electron chi connectivity index (χ4n) is 4.75. The minimum Gasteiger partial charge on any atom is -0.493 e. The van der Waals surface area contributed by atoms with Crippen LogP contribution in [0.1, 0.15) is 31.5 Å². The molecule has 0 aliphatic carbocycles. The van der Waals surface area contributed by atoms with E-state index in [4.69, 9.17) is 9.72 Å². The summed E-state index contributed by atoms with van der Waals surface area (Å²) in [6.45, 7) is 8.09. The molecular weight excluding hydrogens is 526 g/mol. The zero-order chi connectivity index (χ0) is 27.9. The van der Waals surface area contributed by atoms with Crippen LogP contribution in [0.2, 0.25) is 0 Å². The Bertz CT molecular complexity index is 1400. The first-order chi connectivity index (χ1) is 18.9. The van der Waals surface area contributed by atoms with E-state index in [1.807, 2.05) is 32.0 Å². The van der Waals surface area contributed by atoms with Gasteiger partial charge in [0.2, 0.25) is 0 Å². The van der Waals surface area contributed by atoms with E-state index < -0.39 is 5.09 Å². The predicted molar refractivity (Wildman–Crippen MR) is 148 cm³/mol. The lowest BCUT2D eigenvalue weighted by Crippen LogP contribution is -2.44. The highest BCUT2D eigenvalue weighted by Crippen LogP contribution is 2.35. The molecule has 4 rings (SSSR count). The fraction of sp³-hybridized carbons (Fsp3) is 0.480. The van der Waals surface area contributed by atoms with Gasteiger partial charge < -0.3 is 24.3 Å². The molecule has 0 unspecified atom stereocenters. The zero-order valence-corrected chi connectivity index (χ0v) is 23.1. The molecular formula is C25H33N7O6S. The number of benzene rings is 1. The van der Waals surface area contributed by atoms with E-state index in [1.165, 1.54) is 6.21 Å². The second-order valence-corrected chi connectivity index (χ2v) is 10.2. The quantitative estimate of drug-likeness (QED) is 0.111. The van der Waals surface area contributed by atoms with Crippen molar-refractivity contribution >= 4 is 29.2 Å². The number of piperazine rings is 1. The Kier molecular flexibility index (Phi) is 9.43. The van der Waals surface area contributed by atoms with Gasteiger partial charge in [-0.1, -0.05) is 18.5 Å². The van der Waals surface area contributed by atoms with E-state index in [2.05, 4.69) is 24.2 Å². The molecule has 0 saturated carbocycles. The van der Waals surface area contributed by atoms with Gasteiger partial charge in [-0.3, -0.25) is 9.69 Å². The fourth-order valence-corrected chi connectivity index (χ4v) is 5.69. The number of hydrogen-bond acceptors (Lipinski definition) is 11. The van der Waals surface area contributed by atoms with Gasteiger partial charge in [0.1, 0.15) is 29.2 Å². The van der Waals surface area contributed by atoms with Gasteiger partial charge >= 0.3 is 0 Å². The van der Waals surface area contributed by atoms with Crippen LogP contribution in [0.4, 0.5) is 0 Å². The maximum atomic E-state index is 13.3. The molecule has 13 nitrogen and oxygen atoms in total. The maximum Gasteiger partial charge on any atom is 0.294 e. The predicted octanol–water partition coefficient (Wildman–Crippen LogP) is 2.92. The Hall–Kier alpha value is -3.62. The number of hydrogen-bond donors (Lipinski definition) is 2. The number of fused-ring (bicyclic) bond motifs is 1. The van der Waals surface area contributed by atoms with Crippen LogP contribution >= 0.6 is 11.9 Å². The summed E-state index contributed by atoms with van der Waals surface area (Å²) < 4.78 is 9.83. The lowest BCUT2D eigenvalue weighted by molar-refractivity contribution is -0.757. The van der Waals surface area contributed by atoms with Crippen molar-refractivity contribution in [2.75, 3.05) is 45.9 Å². The number of aromatic amines is 1. The number of aromatic nitrogens is 3. The van der Waals surface area contributed by atoms with E-state index in [-0.39, 0.29) is 12.2 Å². The lowest BCUT2D eigenvalue weighted by Gasteiger charge is -2.33. The molecule has 14 heteroatoms. The normalized spacial score (nSPS) is 14.8. The van der Waals surface area contributed by atoms with Crippen LogP contribution in [0.3, 0.4) is 0 Å². The molecule has 0 amide bonds. The van der Waals surface area contributed by atoms with E-state index in [1.54, 1.807) is 23.6 Å².